The highest BCUT2D eigenvalue weighted by molar-refractivity contribution is 7.17. The molecule has 1 aromatic heterocycles. The average Bonchev–Trinajstić information content (AvgIpc) is 3.08. The second-order valence-corrected chi connectivity index (χ2v) is 9.05. The first-order valence-electron chi connectivity index (χ1n) is 10.4. The van der Waals surface area contributed by atoms with E-state index in [9.17, 15) is 9.59 Å². The predicted molar refractivity (Wildman–Crippen MR) is 123 cm³/mol. The fourth-order valence-corrected chi connectivity index (χ4v) is 5.01. The Balaban J connectivity index is 1.82. The number of methoxy groups -OCH3 is 2. The summed E-state index contributed by atoms with van der Waals surface area (Å²) in [6.07, 6.45) is 5.68. The van der Waals surface area contributed by atoms with Crippen molar-refractivity contribution in [2.24, 2.45) is 5.92 Å². The van der Waals surface area contributed by atoms with Crippen LogP contribution in [0, 0.1) is 5.92 Å². The second kappa shape index (κ2) is 10.0. The molecular formula is C24H29NO5S. The maximum absolute atomic E-state index is 12.8. The molecule has 7 heteroatoms. The van der Waals surface area contributed by atoms with Gasteiger partial charge in [-0.1, -0.05) is 13.0 Å². The standard InChI is InChI=1S/C24H29NO5S/c1-14(2)30-24(27)22-17-9-6-15(3)12-20(17)31-23(22)25-21(26)11-8-16-7-10-18(28-4)19(13-16)29-5/h7-8,10-11,13-15H,6,9,12H2,1-5H3,(H,25,26). The van der Waals surface area contributed by atoms with Crippen LogP contribution >= 0.6 is 11.3 Å². The zero-order valence-corrected chi connectivity index (χ0v) is 19.4. The number of benzene rings is 1. The van der Waals surface area contributed by atoms with E-state index in [2.05, 4.69) is 12.2 Å². The summed E-state index contributed by atoms with van der Waals surface area (Å²) in [6, 6.07) is 5.41. The Kier molecular flexibility index (Phi) is 7.38. The molecule has 0 saturated carbocycles. The van der Waals surface area contributed by atoms with E-state index in [1.54, 1.807) is 32.4 Å². The molecule has 0 bridgehead atoms. The number of carbonyl (C=O) groups excluding carboxylic acids is 2. The van der Waals surface area contributed by atoms with Gasteiger partial charge in [0.2, 0.25) is 5.91 Å². The Hall–Kier alpha value is -2.80. The lowest BCUT2D eigenvalue weighted by molar-refractivity contribution is -0.111. The molecule has 6 nitrogen and oxygen atoms in total. The van der Waals surface area contributed by atoms with Gasteiger partial charge in [0, 0.05) is 11.0 Å². The maximum Gasteiger partial charge on any atom is 0.341 e. The van der Waals surface area contributed by atoms with Gasteiger partial charge in [0.25, 0.3) is 0 Å². The summed E-state index contributed by atoms with van der Waals surface area (Å²) < 4.78 is 16.0. The molecule has 166 valence electrons. The number of esters is 1. The highest BCUT2D eigenvalue weighted by Gasteiger charge is 2.29. The fourth-order valence-electron chi connectivity index (χ4n) is 3.61. The van der Waals surface area contributed by atoms with E-state index >= 15 is 0 Å². The lowest BCUT2D eigenvalue weighted by Crippen LogP contribution is -2.18. The van der Waals surface area contributed by atoms with Gasteiger partial charge in [0.1, 0.15) is 5.00 Å². The van der Waals surface area contributed by atoms with Crippen molar-refractivity contribution in [3.8, 4) is 11.5 Å². The van der Waals surface area contributed by atoms with E-state index in [1.807, 2.05) is 19.9 Å². The number of hydrogen-bond donors (Lipinski definition) is 1. The summed E-state index contributed by atoms with van der Waals surface area (Å²) >= 11 is 1.48. The van der Waals surface area contributed by atoms with Crippen LogP contribution in [0.15, 0.2) is 24.3 Å². The van der Waals surface area contributed by atoms with E-state index in [1.165, 1.54) is 17.4 Å². The van der Waals surface area contributed by atoms with Crippen molar-refractivity contribution in [3.63, 3.8) is 0 Å². The minimum atomic E-state index is -0.374. The minimum absolute atomic E-state index is 0.223. The molecule has 0 spiro atoms. The summed E-state index contributed by atoms with van der Waals surface area (Å²) in [6.45, 7) is 5.85. The first kappa shape index (κ1) is 22.9. The molecule has 31 heavy (non-hydrogen) atoms. The van der Waals surface area contributed by atoms with Gasteiger partial charge in [0.05, 0.1) is 25.9 Å². The van der Waals surface area contributed by atoms with Crippen molar-refractivity contribution < 1.29 is 23.8 Å². The first-order chi connectivity index (χ1) is 14.8. The number of amides is 1. The smallest absolute Gasteiger partial charge is 0.341 e. The van der Waals surface area contributed by atoms with E-state index < -0.39 is 0 Å². The summed E-state index contributed by atoms with van der Waals surface area (Å²) in [4.78, 5) is 26.6. The molecule has 1 aliphatic carbocycles. The summed E-state index contributed by atoms with van der Waals surface area (Å²) in [5.74, 6) is 1.09. The number of fused-ring (bicyclic) bond motifs is 1. The van der Waals surface area contributed by atoms with E-state index in [0.29, 0.717) is 28.0 Å². The number of rotatable bonds is 7. The van der Waals surface area contributed by atoms with Crippen molar-refractivity contribution in [1.29, 1.82) is 0 Å². The lowest BCUT2D eigenvalue weighted by atomic mass is 9.88. The van der Waals surface area contributed by atoms with Crippen molar-refractivity contribution in [2.45, 2.75) is 46.1 Å². The fraction of sp³-hybridized carbons (Fsp3) is 0.417. The van der Waals surface area contributed by atoms with Crippen LogP contribution in [-0.2, 0) is 22.4 Å². The summed E-state index contributed by atoms with van der Waals surface area (Å²) in [7, 11) is 3.14. The molecule has 3 rings (SSSR count). The lowest BCUT2D eigenvalue weighted by Gasteiger charge is -2.18. The molecule has 0 aliphatic heterocycles. The zero-order valence-electron chi connectivity index (χ0n) is 18.6. The molecule has 1 unspecified atom stereocenters. The van der Waals surface area contributed by atoms with E-state index in [4.69, 9.17) is 14.2 Å². The van der Waals surface area contributed by atoms with Gasteiger partial charge in [-0.3, -0.25) is 4.79 Å². The van der Waals surface area contributed by atoms with Crippen LogP contribution in [0.4, 0.5) is 5.00 Å². The Morgan fingerprint density at radius 1 is 1.19 bits per heavy atom. The number of anilines is 1. The van der Waals surface area contributed by atoms with Crippen LogP contribution in [0.2, 0.25) is 0 Å². The Bertz CT molecular complexity index is 992. The van der Waals surface area contributed by atoms with E-state index in [-0.39, 0.29) is 18.0 Å². The third-order valence-electron chi connectivity index (χ3n) is 5.13. The third-order valence-corrected chi connectivity index (χ3v) is 6.30. The number of thiophene rings is 1. The minimum Gasteiger partial charge on any atom is -0.493 e. The van der Waals surface area contributed by atoms with Crippen LogP contribution in [-0.4, -0.2) is 32.2 Å². The molecule has 1 N–H and O–H groups in total. The average molecular weight is 444 g/mol. The van der Waals surface area contributed by atoms with Crippen LogP contribution in [0.3, 0.4) is 0 Å². The van der Waals surface area contributed by atoms with Crippen LogP contribution in [0.1, 0.15) is 53.6 Å². The van der Waals surface area contributed by atoms with E-state index in [0.717, 1.165) is 35.3 Å². The number of nitrogens with one attached hydrogen (secondary N) is 1. The van der Waals surface area contributed by atoms with Gasteiger partial charge < -0.3 is 19.5 Å². The SMILES string of the molecule is COc1ccc(C=CC(=O)Nc2sc3c(c2C(=O)OC(C)C)CCC(C)C3)cc1OC. The molecular weight excluding hydrogens is 414 g/mol. The van der Waals surface area contributed by atoms with Gasteiger partial charge in [0.15, 0.2) is 11.5 Å². The van der Waals surface area contributed by atoms with Gasteiger partial charge in [-0.15, -0.1) is 11.3 Å². The Morgan fingerprint density at radius 3 is 2.61 bits per heavy atom. The quantitative estimate of drug-likeness (QED) is 0.476. The maximum atomic E-state index is 12.8. The molecule has 1 amide bonds. The summed E-state index contributed by atoms with van der Waals surface area (Å²) in [5.41, 5.74) is 2.33. The normalized spacial score (nSPS) is 15.6. The number of hydrogen-bond acceptors (Lipinski definition) is 6. The second-order valence-electron chi connectivity index (χ2n) is 7.95. The van der Waals surface area contributed by atoms with Gasteiger partial charge in [-0.25, -0.2) is 4.79 Å². The van der Waals surface area contributed by atoms with Crippen molar-refractivity contribution in [2.75, 3.05) is 19.5 Å². The molecule has 2 aromatic rings. The van der Waals surface area contributed by atoms with Crippen molar-refractivity contribution >= 4 is 34.3 Å². The Morgan fingerprint density at radius 2 is 1.94 bits per heavy atom. The third kappa shape index (κ3) is 5.47. The summed E-state index contributed by atoms with van der Waals surface area (Å²) in [5, 5.41) is 3.46. The van der Waals surface area contributed by atoms with Crippen LogP contribution in [0.5, 0.6) is 11.5 Å². The molecule has 1 atom stereocenters. The first-order valence-corrected chi connectivity index (χ1v) is 11.2. The van der Waals surface area contributed by atoms with Gasteiger partial charge in [-0.05, 0) is 68.4 Å². The highest BCUT2D eigenvalue weighted by Crippen LogP contribution is 2.40. The molecule has 1 heterocycles. The molecule has 0 saturated heterocycles. The van der Waals surface area contributed by atoms with Gasteiger partial charge >= 0.3 is 5.97 Å². The Labute approximate surface area is 187 Å². The topological polar surface area (TPSA) is 73.9 Å². The van der Waals surface area contributed by atoms with Crippen molar-refractivity contribution in [3.05, 3.63) is 45.8 Å². The van der Waals surface area contributed by atoms with Crippen molar-refractivity contribution in [1.82, 2.24) is 0 Å². The highest BCUT2D eigenvalue weighted by atomic mass is 32.1. The monoisotopic (exact) mass is 443 g/mol. The molecule has 0 radical (unpaired) electrons. The number of ether oxygens (including phenoxy) is 3. The number of carbonyl (C=O) groups is 2. The molecule has 0 fully saturated rings. The predicted octanol–water partition coefficient (Wildman–Crippen LogP) is 5.11. The van der Waals surface area contributed by atoms with Gasteiger partial charge in [-0.2, -0.15) is 0 Å². The molecule has 1 aromatic carbocycles. The zero-order chi connectivity index (χ0) is 22.5. The molecule has 1 aliphatic rings. The van der Waals surface area contributed by atoms with Crippen LogP contribution in [0.25, 0.3) is 6.08 Å². The van der Waals surface area contributed by atoms with Crippen LogP contribution < -0.4 is 14.8 Å². The largest absolute Gasteiger partial charge is 0.493 e.